The van der Waals surface area contributed by atoms with Crippen LogP contribution in [0.4, 0.5) is 5.95 Å². The van der Waals surface area contributed by atoms with Crippen molar-refractivity contribution in [1.29, 1.82) is 0 Å². The molecule has 0 aliphatic heterocycles. The maximum Gasteiger partial charge on any atom is 0.270 e. The Labute approximate surface area is 153 Å². The SMILES string of the molecule is Cc1ccc(CNC(=O)c2ccnc(NC(C)c3ccccc3)n2)cc1. The summed E-state index contributed by atoms with van der Waals surface area (Å²) in [6.45, 7) is 4.53. The van der Waals surface area contributed by atoms with Gasteiger partial charge >= 0.3 is 0 Å². The fourth-order valence-electron chi connectivity index (χ4n) is 2.55. The summed E-state index contributed by atoms with van der Waals surface area (Å²) >= 11 is 0. The Morgan fingerprint density at radius 2 is 1.77 bits per heavy atom. The number of carbonyl (C=O) groups is 1. The number of hydrogen-bond donors (Lipinski definition) is 2. The normalized spacial score (nSPS) is 11.6. The summed E-state index contributed by atoms with van der Waals surface area (Å²) in [6, 6.07) is 19.8. The topological polar surface area (TPSA) is 66.9 Å². The first-order valence-electron chi connectivity index (χ1n) is 8.60. The molecule has 0 fully saturated rings. The third-order valence-electron chi connectivity index (χ3n) is 4.11. The predicted molar refractivity (Wildman–Crippen MR) is 103 cm³/mol. The van der Waals surface area contributed by atoms with Gasteiger partial charge in [-0.15, -0.1) is 0 Å². The van der Waals surface area contributed by atoms with Crippen LogP contribution in [0.15, 0.2) is 66.9 Å². The summed E-state index contributed by atoms with van der Waals surface area (Å²) in [7, 11) is 0. The molecule has 1 atom stereocenters. The molecule has 132 valence electrons. The van der Waals surface area contributed by atoms with Gasteiger partial charge in [-0.2, -0.15) is 0 Å². The van der Waals surface area contributed by atoms with Crippen molar-refractivity contribution in [2.24, 2.45) is 0 Å². The fraction of sp³-hybridized carbons (Fsp3) is 0.190. The third-order valence-corrected chi connectivity index (χ3v) is 4.11. The Hall–Kier alpha value is -3.21. The summed E-state index contributed by atoms with van der Waals surface area (Å²) in [5.41, 5.74) is 3.72. The number of amides is 1. The number of aromatic nitrogens is 2. The molecule has 2 aromatic carbocycles. The summed E-state index contributed by atoms with van der Waals surface area (Å²) in [4.78, 5) is 20.9. The van der Waals surface area contributed by atoms with Crippen molar-refractivity contribution >= 4 is 11.9 Å². The van der Waals surface area contributed by atoms with Crippen LogP contribution in [0.2, 0.25) is 0 Å². The number of nitrogens with zero attached hydrogens (tertiary/aromatic N) is 2. The van der Waals surface area contributed by atoms with Crippen molar-refractivity contribution in [3.63, 3.8) is 0 Å². The second kappa shape index (κ2) is 8.25. The summed E-state index contributed by atoms with van der Waals surface area (Å²) in [5.74, 6) is 0.215. The minimum absolute atomic E-state index is 0.0436. The van der Waals surface area contributed by atoms with E-state index in [1.807, 2.05) is 68.4 Å². The number of carbonyl (C=O) groups excluding carboxylic acids is 1. The predicted octanol–water partition coefficient (Wildman–Crippen LogP) is 3.89. The lowest BCUT2D eigenvalue weighted by Crippen LogP contribution is -2.24. The van der Waals surface area contributed by atoms with Gasteiger partial charge in [-0.1, -0.05) is 60.2 Å². The maximum atomic E-state index is 12.4. The highest BCUT2D eigenvalue weighted by molar-refractivity contribution is 5.92. The van der Waals surface area contributed by atoms with Gasteiger partial charge in [-0.3, -0.25) is 4.79 Å². The molecule has 0 aliphatic carbocycles. The zero-order valence-electron chi connectivity index (χ0n) is 14.9. The molecule has 5 nitrogen and oxygen atoms in total. The number of anilines is 1. The van der Waals surface area contributed by atoms with Crippen molar-refractivity contribution in [2.45, 2.75) is 26.4 Å². The molecule has 0 saturated heterocycles. The Bertz CT molecular complexity index is 863. The van der Waals surface area contributed by atoms with Crippen LogP contribution in [0.1, 0.15) is 40.1 Å². The number of hydrogen-bond acceptors (Lipinski definition) is 4. The monoisotopic (exact) mass is 346 g/mol. The summed E-state index contributed by atoms with van der Waals surface area (Å²) in [5, 5.41) is 6.12. The molecule has 1 aromatic heterocycles. The fourth-order valence-corrected chi connectivity index (χ4v) is 2.55. The summed E-state index contributed by atoms with van der Waals surface area (Å²) in [6.07, 6.45) is 1.59. The van der Waals surface area contributed by atoms with Gasteiger partial charge in [-0.25, -0.2) is 9.97 Å². The van der Waals surface area contributed by atoms with E-state index in [4.69, 9.17) is 0 Å². The van der Waals surface area contributed by atoms with Gasteiger partial charge < -0.3 is 10.6 Å². The molecule has 2 N–H and O–H groups in total. The van der Waals surface area contributed by atoms with E-state index < -0.39 is 0 Å². The van der Waals surface area contributed by atoms with Crippen LogP contribution in [0, 0.1) is 6.92 Å². The highest BCUT2D eigenvalue weighted by atomic mass is 16.1. The lowest BCUT2D eigenvalue weighted by Gasteiger charge is -2.14. The van der Waals surface area contributed by atoms with Gasteiger partial charge in [0.25, 0.3) is 5.91 Å². The average Bonchev–Trinajstić information content (AvgIpc) is 2.68. The number of rotatable bonds is 6. The number of benzene rings is 2. The molecule has 0 saturated carbocycles. The second-order valence-corrected chi connectivity index (χ2v) is 6.21. The minimum atomic E-state index is -0.219. The van der Waals surface area contributed by atoms with Crippen molar-refractivity contribution in [2.75, 3.05) is 5.32 Å². The van der Waals surface area contributed by atoms with Gasteiger partial charge in [0.05, 0.1) is 6.04 Å². The lowest BCUT2D eigenvalue weighted by molar-refractivity contribution is 0.0946. The van der Waals surface area contributed by atoms with E-state index in [-0.39, 0.29) is 11.9 Å². The van der Waals surface area contributed by atoms with Crippen LogP contribution in [0.5, 0.6) is 0 Å². The molecule has 1 heterocycles. The first-order chi connectivity index (χ1) is 12.6. The van der Waals surface area contributed by atoms with Crippen LogP contribution in [-0.2, 0) is 6.54 Å². The van der Waals surface area contributed by atoms with Crippen LogP contribution in [0.25, 0.3) is 0 Å². The number of aryl methyl sites for hydroxylation is 1. The first kappa shape index (κ1) is 17.6. The lowest BCUT2D eigenvalue weighted by atomic mass is 10.1. The minimum Gasteiger partial charge on any atom is -0.348 e. The average molecular weight is 346 g/mol. The standard InChI is InChI=1S/C21H22N4O/c1-15-8-10-17(11-9-15)14-23-20(26)19-12-13-22-21(25-19)24-16(2)18-6-4-3-5-7-18/h3-13,16H,14H2,1-2H3,(H,23,26)(H,22,24,25). The molecule has 0 radical (unpaired) electrons. The van der Waals surface area contributed by atoms with E-state index in [0.717, 1.165) is 11.1 Å². The van der Waals surface area contributed by atoms with Gasteiger partial charge in [0.1, 0.15) is 5.69 Å². The molecule has 1 amide bonds. The van der Waals surface area contributed by atoms with E-state index in [1.165, 1.54) is 5.56 Å². The zero-order valence-corrected chi connectivity index (χ0v) is 14.9. The first-order valence-corrected chi connectivity index (χ1v) is 8.60. The largest absolute Gasteiger partial charge is 0.348 e. The van der Waals surface area contributed by atoms with E-state index >= 15 is 0 Å². The van der Waals surface area contributed by atoms with Crippen molar-refractivity contribution in [3.05, 3.63) is 89.2 Å². The maximum absolute atomic E-state index is 12.4. The van der Waals surface area contributed by atoms with Crippen molar-refractivity contribution in [1.82, 2.24) is 15.3 Å². The van der Waals surface area contributed by atoms with Crippen molar-refractivity contribution in [3.8, 4) is 0 Å². The molecule has 26 heavy (non-hydrogen) atoms. The molecular formula is C21H22N4O. The molecule has 0 bridgehead atoms. The Kier molecular flexibility index (Phi) is 5.59. The van der Waals surface area contributed by atoms with Gasteiger partial charge in [0, 0.05) is 12.7 Å². The quantitative estimate of drug-likeness (QED) is 0.711. The summed E-state index contributed by atoms with van der Waals surface area (Å²) < 4.78 is 0. The van der Waals surface area contributed by atoms with Gasteiger partial charge in [0.15, 0.2) is 0 Å². The molecule has 1 unspecified atom stereocenters. The molecule has 5 heteroatoms. The third kappa shape index (κ3) is 4.66. The van der Waals surface area contributed by atoms with E-state index in [2.05, 4.69) is 20.6 Å². The van der Waals surface area contributed by atoms with Crippen LogP contribution >= 0.6 is 0 Å². The van der Waals surface area contributed by atoms with Crippen LogP contribution in [-0.4, -0.2) is 15.9 Å². The molecular weight excluding hydrogens is 324 g/mol. The van der Waals surface area contributed by atoms with Crippen LogP contribution in [0.3, 0.4) is 0 Å². The smallest absolute Gasteiger partial charge is 0.270 e. The molecule has 3 aromatic rings. The highest BCUT2D eigenvalue weighted by Gasteiger charge is 2.11. The van der Waals surface area contributed by atoms with E-state index in [9.17, 15) is 4.79 Å². The zero-order chi connectivity index (χ0) is 18.4. The van der Waals surface area contributed by atoms with Crippen LogP contribution < -0.4 is 10.6 Å². The Morgan fingerprint density at radius 1 is 1.04 bits per heavy atom. The second-order valence-electron chi connectivity index (χ2n) is 6.21. The van der Waals surface area contributed by atoms with E-state index in [1.54, 1.807) is 12.3 Å². The van der Waals surface area contributed by atoms with Gasteiger partial charge in [-0.05, 0) is 31.0 Å². The number of nitrogens with one attached hydrogen (secondary N) is 2. The highest BCUT2D eigenvalue weighted by Crippen LogP contribution is 2.16. The Balaban J connectivity index is 1.62. The van der Waals surface area contributed by atoms with Crippen molar-refractivity contribution < 1.29 is 4.79 Å². The molecule has 0 aliphatic rings. The van der Waals surface area contributed by atoms with E-state index in [0.29, 0.717) is 18.2 Å². The van der Waals surface area contributed by atoms with Gasteiger partial charge in [0.2, 0.25) is 5.95 Å². The molecule has 0 spiro atoms. The molecule has 3 rings (SSSR count). The Morgan fingerprint density at radius 3 is 2.50 bits per heavy atom.